The molecule has 5 N–H and O–H groups in total. The summed E-state index contributed by atoms with van der Waals surface area (Å²) in [4.78, 5) is 4.11. The van der Waals surface area contributed by atoms with Gasteiger partial charge in [-0.1, -0.05) is 0 Å². The second-order valence-corrected chi connectivity index (χ2v) is 3.74. The second-order valence-electron chi connectivity index (χ2n) is 2.88. The van der Waals surface area contributed by atoms with Gasteiger partial charge in [0, 0.05) is 10.9 Å². The first kappa shape index (κ1) is 9.75. The molecule has 0 aliphatic carbocycles. The highest BCUT2D eigenvalue weighted by Gasteiger charge is 2.09. The van der Waals surface area contributed by atoms with Crippen LogP contribution >= 0.6 is 11.3 Å². The van der Waals surface area contributed by atoms with Crippen molar-refractivity contribution in [2.75, 3.05) is 5.43 Å². The van der Waals surface area contributed by atoms with E-state index in [2.05, 4.69) is 10.4 Å². The van der Waals surface area contributed by atoms with Crippen LogP contribution in [0, 0.1) is 0 Å². The molecule has 78 valence electrons. The van der Waals surface area contributed by atoms with E-state index in [1.54, 1.807) is 5.38 Å². The van der Waals surface area contributed by atoms with Crippen LogP contribution in [0.25, 0.3) is 11.3 Å². The number of nitrogens with two attached hydrogens (primary N) is 1. The second kappa shape index (κ2) is 3.76. The Morgan fingerprint density at radius 1 is 1.33 bits per heavy atom. The summed E-state index contributed by atoms with van der Waals surface area (Å²) >= 11 is 1.32. The number of hydrogen-bond donors (Lipinski definition) is 4. The van der Waals surface area contributed by atoms with E-state index in [0.29, 0.717) is 16.4 Å². The van der Waals surface area contributed by atoms with Gasteiger partial charge in [0.1, 0.15) is 11.5 Å². The van der Waals surface area contributed by atoms with E-state index in [1.807, 2.05) is 0 Å². The number of thiazole rings is 1. The Hall–Kier alpha value is -1.79. The molecule has 0 fully saturated rings. The molecule has 0 aliphatic heterocycles. The first-order valence-corrected chi connectivity index (χ1v) is 5.03. The van der Waals surface area contributed by atoms with Crippen LogP contribution in [0.4, 0.5) is 5.13 Å². The highest BCUT2D eigenvalue weighted by Crippen LogP contribution is 2.33. The van der Waals surface area contributed by atoms with E-state index in [9.17, 15) is 10.2 Å². The van der Waals surface area contributed by atoms with Crippen LogP contribution in [0.2, 0.25) is 0 Å². The number of phenols is 2. The van der Waals surface area contributed by atoms with Gasteiger partial charge in [-0.15, -0.1) is 11.3 Å². The van der Waals surface area contributed by atoms with Crippen LogP contribution in [0.15, 0.2) is 23.6 Å². The summed E-state index contributed by atoms with van der Waals surface area (Å²) in [6.45, 7) is 0. The molecular formula is C9H9N3O2S. The van der Waals surface area contributed by atoms with Gasteiger partial charge in [-0.3, -0.25) is 5.43 Å². The SMILES string of the molecule is NNc1nc(-c2cc(O)ccc2O)cs1. The van der Waals surface area contributed by atoms with Crippen LogP contribution in [0.3, 0.4) is 0 Å². The zero-order valence-electron chi connectivity index (χ0n) is 7.64. The lowest BCUT2D eigenvalue weighted by Crippen LogP contribution is -2.05. The highest BCUT2D eigenvalue weighted by molar-refractivity contribution is 7.14. The smallest absolute Gasteiger partial charge is 0.197 e. The quantitative estimate of drug-likeness (QED) is 0.352. The maximum atomic E-state index is 9.57. The summed E-state index contributed by atoms with van der Waals surface area (Å²) in [6.07, 6.45) is 0. The minimum atomic E-state index is 0.0710. The van der Waals surface area contributed by atoms with E-state index in [0.717, 1.165) is 0 Å². The number of hydrazine groups is 1. The van der Waals surface area contributed by atoms with E-state index in [1.165, 1.54) is 29.5 Å². The van der Waals surface area contributed by atoms with Gasteiger partial charge in [-0.05, 0) is 18.2 Å². The topological polar surface area (TPSA) is 91.4 Å². The van der Waals surface area contributed by atoms with E-state index in [-0.39, 0.29) is 11.5 Å². The minimum absolute atomic E-state index is 0.0710. The number of aromatic hydroxyl groups is 2. The van der Waals surface area contributed by atoms with Crippen molar-refractivity contribution in [1.29, 1.82) is 0 Å². The van der Waals surface area contributed by atoms with Crippen molar-refractivity contribution in [3.63, 3.8) is 0 Å². The van der Waals surface area contributed by atoms with Gasteiger partial charge in [-0.2, -0.15) is 0 Å². The van der Waals surface area contributed by atoms with Gasteiger partial charge in [0.2, 0.25) is 0 Å². The van der Waals surface area contributed by atoms with Crippen LogP contribution in [0.5, 0.6) is 11.5 Å². The van der Waals surface area contributed by atoms with Gasteiger partial charge in [0.05, 0.1) is 5.69 Å². The van der Waals surface area contributed by atoms with Crippen molar-refractivity contribution in [2.45, 2.75) is 0 Å². The average Bonchev–Trinajstić information content (AvgIpc) is 2.70. The Morgan fingerprint density at radius 2 is 2.13 bits per heavy atom. The molecule has 15 heavy (non-hydrogen) atoms. The molecule has 0 bridgehead atoms. The molecule has 0 saturated carbocycles. The number of nitrogen functional groups attached to an aromatic ring is 1. The maximum Gasteiger partial charge on any atom is 0.197 e. The third-order valence-corrected chi connectivity index (χ3v) is 2.66. The van der Waals surface area contributed by atoms with Crippen LogP contribution in [0.1, 0.15) is 0 Å². The largest absolute Gasteiger partial charge is 0.508 e. The van der Waals surface area contributed by atoms with Crippen molar-refractivity contribution in [2.24, 2.45) is 5.84 Å². The molecule has 2 rings (SSSR count). The first-order chi connectivity index (χ1) is 7.20. The van der Waals surface area contributed by atoms with Gasteiger partial charge < -0.3 is 10.2 Å². The number of nitrogens with one attached hydrogen (secondary N) is 1. The molecule has 0 aliphatic rings. The lowest BCUT2D eigenvalue weighted by Gasteiger charge is -2.01. The molecule has 0 saturated heterocycles. The Kier molecular flexibility index (Phi) is 2.44. The minimum Gasteiger partial charge on any atom is -0.508 e. The molecule has 0 atom stereocenters. The van der Waals surface area contributed by atoms with Crippen LogP contribution < -0.4 is 11.3 Å². The number of rotatable bonds is 2. The molecule has 1 aromatic heterocycles. The standard InChI is InChI=1S/C9H9N3O2S/c10-12-9-11-7(4-15-9)6-3-5(13)1-2-8(6)14/h1-4,13-14H,10H2,(H,11,12). The summed E-state index contributed by atoms with van der Waals surface area (Å²) in [5, 5.41) is 21.1. The molecule has 0 unspecified atom stereocenters. The fraction of sp³-hybridized carbons (Fsp3) is 0. The molecular weight excluding hydrogens is 214 g/mol. The molecule has 1 aromatic carbocycles. The summed E-state index contributed by atoms with van der Waals surface area (Å²) in [5.74, 6) is 5.35. The summed E-state index contributed by atoms with van der Waals surface area (Å²) < 4.78 is 0. The number of phenolic OH excluding ortho intramolecular Hbond substituents is 2. The lowest BCUT2D eigenvalue weighted by atomic mass is 10.1. The molecule has 0 spiro atoms. The fourth-order valence-electron chi connectivity index (χ4n) is 1.19. The zero-order valence-corrected chi connectivity index (χ0v) is 8.45. The van der Waals surface area contributed by atoms with Crippen molar-refractivity contribution in [3.05, 3.63) is 23.6 Å². The Labute approximate surface area is 89.8 Å². The van der Waals surface area contributed by atoms with Crippen molar-refractivity contribution >= 4 is 16.5 Å². The lowest BCUT2D eigenvalue weighted by molar-refractivity contribution is 0.462. The van der Waals surface area contributed by atoms with E-state index >= 15 is 0 Å². The summed E-state index contributed by atoms with van der Waals surface area (Å²) in [7, 11) is 0. The summed E-state index contributed by atoms with van der Waals surface area (Å²) in [5.41, 5.74) is 3.46. The fourth-order valence-corrected chi connectivity index (χ4v) is 1.81. The molecule has 2 aromatic rings. The predicted octanol–water partition coefficient (Wildman–Crippen LogP) is 1.51. The van der Waals surface area contributed by atoms with Crippen molar-refractivity contribution in [3.8, 4) is 22.8 Å². The Morgan fingerprint density at radius 3 is 2.80 bits per heavy atom. The van der Waals surface area contributed by atoms with E-state index in [4.69, 9.17) is 5.84 Å². The number of nitrogens with zero attached hydrogens (tertiary/aromatic N) is 1. The Bertz CT molecular complexity index is 484. The van der Waals surface area contributed by atoms with E-state index < -0.39 is 0 Å². The average molecular weight is 223 g/mol. The third kappa shape index (κ3) is 1.85. The van der Waals surface area contributed by atoms with Crippen LogP contribution in [-0.4, -0.2) is 15.2 Å². The predicted molar refractivity (Wildman–Crippen MR) is 58.7 cm³/mol. The van der Waals surface area contributed by atoms with Crippen molar-refractivity contribution in [1.82, 2.24) is 4.98 Å². The van der Waals surface area contributed by atoms with Gasteiger partial charge in [-0.25, -0.2) is 10.8 Å². The monoisotopic (exact) mass is 223 g/mol. The van der Waals surface area contributed by atoms with Crippen LogP contribution in [-0.2, 0) is 0 Å². The Balaban J connectivity index is 2.48. The number of anilines is 1. The number of hydrogen-bond acceptors (Lipinski definition) is 6. The molecule has 6 heteroatoms. The molecule has 5 nitrogen and oxygen atoms in total. The number of benzene rings is 1. The van der Waals surface area contributed by atoms with Gasteiger partial charge in [0.15, 0.2) is 5.13 Å². The molecule has 1 heterocycles. The zero-order chi connectivity index (χ0) is 10.8. The highest BCUT2D eigenvalue weighted by atomic mass is 32.1. The number of aromatic nitrogens is 1. The van der Waals surface area contributed by atoms with Gasteiger partial charge >= 0.3 is 0 Å². The molecule has 0 amide bonds. The normalized spacial score (nSPS) is 10.2. The van der Waals surface area contributed by atoms with Gasteiger partial charge in [0.25, 0.3) is 0 Å². The molecule has 0 radical (unpaired) electrons. The van der Waals surface area contributed by atoms with Crippen molar-refractivity contribution < 1.29 is 10.2 Å². The first-order valence-electron chi connectivity index (χ1n) is 4.15. The summed E-state index contributed by atoms with van der Waals surface area (Å²) in [6, 6.07) is 4.28. The third-order valence-electron chi connectivity index (χ3n) is 1.88. The maximum absolute atomic E-state index is 9.57.